The van der Waals surface area contributed by atoms with Crippen molar-refractivity contribution >= 4 is 79.8 Å². The second-order valence-electron chi connectivity index (χ2n) is 12.3. The molecule has 1 atom stereocenters. The van der Waals surface area contributed by atoms with Crippen molar-refractivity contribution in [2.24, 2.45) is 5.92 Å². The first-order valence-corrected chi connectivity index (χ1v) is 20.1. The van der Waals surface area contributed by atoms with E-state index < -0.39 is 7.14 Å². The minimum Gasteiger partial charge on any atom is -0.494 e. The van der Waals surface area contributed by atoms with Gasteiger partial charge in [-0.1, -0.05) is 0 Å². The van der Waals surface area contributed by atoms with Crippen LogP contribution in [0.15, 0.2) is 58.9 Å². The molecule has 0 spiro atoms. The van der Waals surface area contributed by atoms with E-state index in [2.05, 4.69) is 73.6 Å². The molecule has 2 saturated heterocycles. The Labute approximate surface area is 291 Å². The molecular formula is C33H37BrN9O3PS. The number of rotatable bonds is 9. The number of hydrogen-bond donors (Lipinski definition) is 3. The van der Waals surface area contributed by atoms with Crippen molar-refractivity contribution in [1.29, 1.82) is 0 Å². The van der Waals surface area contributed by atoms with Crippen LogP contribution in [-0.4, -0.2) is 83.6 Å². The third-order valence-corrected chi connectivity index (χ3v) is 11.5. The molecule has 12 nitrogen and oxygen atoms in total. The number of aromatic nitrogens is 5. The number of anilines is 5. The number of fused-ring (bicyclic) bond motifs is 1. The molecule has 48 heavy (non-hydrogen) atoms. The number of methoxy groups -OCH3 is 1. The molecule has 3 N–H and O–H groups in total. The molecule has 2 aromatic carbocycles. The average Bonchev–Trinajstić information content (AvgIpc) is 3.64. The van der Waals surface area contributed by atoms with Crippen LogP contribution in [0.1, 0.15) is 12.8 Å². The number of morpholine rings is 1. The zero-order chi connectivity index (χ0) is 33.3. The van der Waals surface area contributed by atoms with E-state index in [-0.39, 0.29) is 6.10 Å². The minimum absolute atomic E-state index is 0.280. The van der Waals surface area contributed by atoms with Crippen LogP contribution in [0, 0.1) is 5.92 Å². The van der Waals surface area contributed by atoms with E-state index in [1.807, 2.05) is 18.3 Å². The third kappa shape index (κ3) is 6.90. The lowest BCUT2D eigenvalue weighted by molar-refractivity contribution is -0.0155. The normalized spacial score (nSPS) is 17.4. The highest BCUT2D eigenvalue weighted by Gasteiger charge is 2.30. The summed E-state index contributed by atoms with van der Waals surface area (Å²) in [6.45, 7) is 7.96. The Hall–Kier alpha value is -3.68. The summed E-state index contributed by atoms with van der Waals surface area (Å²) in [4.78, 5) is 20.7. The quantitative estimate of drug-likeness (QED) is 0.147. The summed E-state index contributed by atoms with van der Waals surface area (Å²) in [5.74, 6) is 2.08. The number of hydrogen-bond acceptors (Lipinski definition) is 13. The Balaban J connectivity index is 1.18. The maximum Gasteiger partial charge on any atom is 0.229 e. The van der Waals surface area contributed by atoms with Gasteiger partial charge in [-0.15, -0.1) is 0 Å². The van der Waals surface area contributed by atoms with Gasteiger partial charge in [0.25, 0.3) is 0 Å². The van der Waals surface area contributed by atoms with Gasteiger partial charge in [0.1, 0.15) is 24.2 Å². The van der Waals surface area contributed by atoms with Crippen molar-refractivity contribution in [2.75, 3.05) is 68.8 Å². The summed E-state index contributed by atoms with van der Waals surface area (Å²) in [6.07, 6.45) is 9.23. The van der Waals surface area contributed by atoms with Crippen molar-refractivity contribution in [3.05, 3.63) is 58.9 Å². The van der Waals surface area contributed by atoms with Crippen molar-refractivity contribution in [3.8, 4) is 16.9 Å². The molecule has 0 saturated carbocycles. The van der Waals surface area contributed by atoms with E-state index >= 15 is 0 Å². The molecule has 2 aliphatic rings. The summed E-state index contributed by atoms with van der Waals surface area (Å²) in [5.41, 5.74) is 5.85. The number of ether oxygens (including phenoxy) is 2. The van der Waals surface area contributed by atoms with Gasteiger partial charge in [-0.2, -0.15) is 4.98 Å². The Kier molecular flexibility index (Phi) is 9.61. The molecule has 0 bridgehead atoms. The topological polar surface area (TPSA) is 139 Å². The van der Waals surface area contributed by atoms with E-state index in [0.717, 1.165) is 68.1 Å². The van der Waals surface area contributed by atoms with Gasteiger partial charge in [-0.05, 0) is 77.8 Å². The molecule has 15 heteroatoms. The molecule has 2 fully saturated rings. The fourth-order valence-electron chi connectivity index (χ4n) is 6.50. The first-order valence-electron chi connectivity index (χ1n) is 15.8. The smallest absolute Gasteiger partial charge is 0.229 e. The van der Waals surface area contributed by atoms with E-state index in [4.69, 9.17) is 14.5 Å². The van der Waals surface area contributed by atoms with E-state index in [0.29, 0.717) is 49.9 Å². The van der Waals surface area contributed by atoms with E-state index in [1.54, 1.807) is 39.0 Å². The van der Waals surface area contributed by atoms with Crippen molar-refractivity contribution in [2.45, 2.75) is 18.9 Å². The molecule has 0 radical (unpaired) electrons. The maximum absolute atomic E-state index is 13.5. The summed E-state index contributed by atoms with van der Waals surface area (Å²) in [6, 6.07) is 7.89. The number of piperidine rings is 1. The van der Waals surface area contributed by atoms with Crippen molar-refractivity contribution in [3.63, 3.8) is 0 Å². The third-order valence-electron chi connectivity index (χ3n) is 8.82. The largest absolute Gasteiger partial charge is 0.494 e. The number of nitrogens with one attached hydrogen (secondary N) is 3. The summed E-state index contributed by atoms with van der Waals surface area (Å²) in [7, 11) is -1.09. The summed E-state index contributed by atoms with van der Waals surface area (Å²) in [5, 5.41) is 12.9. The van der Waals surface area contributed by atoms with Gasteiger partial charge in [0.15, 0.2) is 0 Å². The van der Waals surface area contributed by atoms with E-state index in [1.165, 1.54) is 11.5 Å². The highest BCUT2D eigenvalue weighted by atomic mass is 79.9. The molecule has 2 aliphatic heterocycles. The second-order valence-corrected chi connectivity index (χ2v) is 17.0. The van der Waals surface area contributed by atoms with Gasteiger partial charge in [0.05, 0.1) is 46.5 Å². The molecule has 0 amide bonds. The molecular weight excluding hydrogens is 713 g/mol. The van der Waals surface area contributed by atoms with Gasteiger partial charge in [-0.25, -0.2) is 9.36 Å². The van der Waals surface area contributed by atoms with Crippen LogP contribution in [0.4, 0.5) is 28.8 Å². The predicted octanol–water partition coefficient (Wildman–Crippen LogP) is 6.25. The fraction of sp³-hybridized carbons (Fsp3) is 0.364. The van der Waals surface area contributed by atoms with Crippen LogP contribution in [-0.2, 0) is 9.30 Å². The minimum atomic E-state index is -2.76. The molecule has 3 aromatic heterocycles. The predicted molar refractivity (Wildman–Crippen MR) is 197 cm³/mol. The number of benzene rings is 2. The zero-order valence-electron chi connectivity index (χ0n) is 26.9. The molecule has 0 aliphatic carbocycles. The van der Waals surface area contributed by atoms with Crippen LogP contribution in [0.5, 0.6) is 5.75 Å². The Morgan fingerprint density at radius 2 is 1.92 bits per heavy atom. The Bertz CT molecular complexity index is 1960. The summed E-state index contributed by atoms with van der Waals surface area (Å²) < 4.78 is 30.5. The van der Waals surface area contributed by atoms with Crippen LogP contribution in [0.25, 0.3) is 22.2 Å². The lowest BCUT2D eigenvalue weighted by atomic mass is 9.89. The van der Waals surface area contributed by atoms with Crippen LogP contribution in [0.3, 0.4) is 0 Å². The fourth-order valence-corrected chi connectivity index (χ4v) is 8.72. The van der Waals surface area contributed by atoms with Crippen LogP contribution in [0.2, 0.25) is 0 Å². The molecule has 250 valence electrons. The molecule has 5 aromatic rings. The lowest BCUT2D eigenvalue weighted by Gasteiger charge is -2.39. The van der Waals surface area contributed by atoms with Gasteiger partial charge in [0, 0.05) is 79.2 Å². The molecule has 1 unspecified atom stereocenters. The standard InChI is InChI=1S/C33H37BrN9O3PS/c1-45-28-15-27(43-11-6-20(7-12-43)29-18-35-10-13-46-29)22(21-16-39-48-19-21)14-26(28)41-33-38-17-23(34)32(42-33)40-25-5-4-24-30(37-9-8-36-24)31(25)47(2,3)44/h4-5,8-9,14-17,19-20,29,35H,6-7,10-13,18H2,1-3H3,(H2,38,40,41,42). The summed E-state index contributed by atoms with van der Waals surface area (Å²) >= 11 is 5.01. The Morgan fingerprint density at radius 1 is 1.08 bits per heavy atom. The van der Waals surface area contributed by atoms with Crippen LogP contribution < -0.4 is 30.9 Å². The van der Waals surface area contributed by atoms with Crippen LogP contribution >= 0.6 is 34.6 Å². The van der Waals surface area contributed by atoms with Crippen molar-refractivity contribution < 1.29 is 14.0 Å². The van der Waals surface area contributed by atoms with Gasteiger partial charge in [-0.3, -0.25) is 9.97 Å². The zero-order valence-corrected chi connectivity index (χ0v) is 30.2. The highest BCUT2D eigenvalue weighted by molar-refractivity contribution is 9.10. The first-order chi connectivity index (χ1) is 23.3. The SMILES string of the molecule is COc1cc(N2CCC(C3CNCCO3)CC2)c(-c2cnsc2)cc1Nc1ncc(Br)c(Nc2ccc3nccnc3c2P(C)(C)=O)n1. The lowest BCUT2D eigenvalue weighted by Crippen LogP contribution is -2.46. The van der Waals surface area contributed by atoms with Gasteiger partial charge < -0.3 is 34.9 Å². The van der Waals surface area contributed by atoms with Crippen molar-refractivity contribution in [1.82, 2.24) is 29.6 Å². The monoisotopic (exact) mass is 749 g/mol. The number of halogens is 1. The Morgan fingerprint density at radius 3 is 2.65 bits per heavy atom. The number of nitrogens with zero attached hydrogens (tertiary/aromatic N) is 6. The molecule has 7 rings (SSSR count). The molecule has 5 heterocycles. The van der Waals surface area contributed by atoms with Gasteiger partial charge in [0.2, 0.25) is 5.95 Å². The highest BCUT2D eigenvalue weighted by Crippen LogP contribution is 2.43. The first kappa shape index (κ1) is 32.8. The van der Waals surface area contributed by atoms with Gasteiger partial charge >= 0.3 is 0 Å². The van der Waals surface area contributed by atoms with E-state index in [9.17, 15) is 4.57 Å². The average molecular weight is 751 g/mol. The second kappa shape index (κ2) is 14.0. The maximum atomic E-state index is 13.5.